The molecule has 5 heteroatoms. The molecule has 21 heavy (non-hydrogen) atoms. The fraction of sp³-hybridized carbons (Fsp3) is 0.438. The predicted octanol–water partition coefficient (Wildman–Crippen LogP) is 5.38. The van der Waals surface area contributed by atoms with Gasteiger partial charge in [-0.05, 0) is 23.0 Å². The topological polar surface area (TPSA) is 52.0 Å². The summed E-state index contributed by atoms with van der Waals surface area (Å²) in [5.74, 6) is 1.34. The Hall–Kier alpha value is -1.19. The van der Waals surface area contributed by atoms with Crippen LogP contribution in [0, 0.1) is 10.8 Å². The highest BCUT2D eigenvalue weighted by molar-refractivity contribution is 6.39. The first-order valence-electron chi connectivity index (χ1n) is 6.89. The molecule has 3 nitrogen and oxygen atoms in total. The standard InChI is InChI=1S/C16H18Cl2N2O/c1-15(2)13(16(15,3)4)12-11(14(19)20-21-12)10-8(17)6-5-7-9(10)18/h5-7,13H,1-4H3,(H2,19,20). The van der Waals surface area contributed by atoms with Crippen LogP contribution in [0.4, 0.5) is 5.82 Å². The molecule has 1 fully saturated rings. The largest absolute Gasteiger partial charge is 0.380 e. The van der Waals surface area contributed by atoms with E-state index in [0.29, 0.717) is 21.4 Å². The maximum absolute atomic E-state index is 6.32. The molecule has 2 N–H and O–H groups in total. The minimum Gasteiger partial charge on any atom is -0.380 e. The Kier molecular flexibility index (Phi) is 3.09. The molecule has 0 unspecified atom stereocenters. The lowest BCUT2D eigenvalue weighted by atomic mass is 10.00. The van der Waals surface area contributed by atoms with Gasteiger partial charge in [-0.3, -0.25) is 0 Å². The highest BCUT2D eigenvalue weighted by Gasteiger charge is 2.67. The number of nitrogens with zero attached hydrogens (tertiary/aromatic N) is 1. The Morgan fingerprint density at radius 3 is 2.05 bits per heavy atom. The van der Waals surface area contributed by atoms with Crippen LogP contribution in [-0.4, -0.2) is 5.16 Å². The molecule has 0 amide bonds. The highest BCUT2D eigenvalue weighted by Crippen LogP contribution is 2.74. The molecule has 1 saturated carbocycles. The average Bonchev–Trinajstić information content (AvgIpc) is 2.65. The van der Waals surface area contributed by atoms with E-state index in [1.54, 1.807) is 12.1 Å². The number of halogens is 2. The van der Waals surface area contributed by atoms with Gasteiger partial charge in [0.05, 0.1) is 15.6 Å². The van der Waals surface area contributed by atoms with Gasteiger partial charge in [-0.1, -0.05) is 62.1 Å². The van der Waals surface area contributed by atoms with Gasteiger partial charge in [-0.2, -0.15) is 0 Å². The number of aromatic nitrogens is 1. The van der Waals surface area contributed by atoms with Crippen molar-refractivity contribution in [2.24, 2.45) is 10.8 Å². The molecule has 0 radical (unpaired) electrons. The van der Waals surface area contributed by atoms with Gasteiger partial charge in [-0.25, -0.2) is 0 Å². The fourth-order valence-corrected chi connectivity index (χ4v) is 3.94. The van der Waals surface area contributed by atoms with E-state index in [-0.39, 0.29) is 16.7 Å². The average molecular weight is 325 g/mol. The van der Waals surface area contributed by atoms with E-state index in [1.807, 2.05) is 6.07 Å². The quantitative estimate of drug-likeness (QED) is 0.806. The lowest BCUT2D eigenvalue weighted by molar-refractivity contribution is 0.374. The molecule has 1 aromatic carbocycles. The van der Waals surface area contributed by atoms with Crippen molar-refractivity contribution < 1.29 is 4.52 Å². The summed E-state index contributed by atoms with van der Waals surface area (Å²) in [5, 5.41) is 5.05. The van der Waals surface area contributed by atoms with Gasteiger partial charge >= 0.3 is 0 Å². The van der Waals surface area contributed by atoms with Crippen molar-refractivity contribution in [2.75, 3.05) is 5.73 Å². The molecule has 0 bridgehead atoms. The van der Waals surface area contributed by atoms with Crippen LogP contribution >= 0.6 is 23.2 Å². The molecule has 1 aromatic heterocycles. The number of nitrogen functional groups attached to an aromatic ring is 1. The first-order valence-corrected chi connectivity index (χ1v) is 7.64. The molecule has 112 valence electrons. The number of nitrogens with two attached hydrogens (primary N) is 1. The molecular formula is C16H18Cl2N2O. The molecule has 0 atom stereocenters. The third-order valence-electron chi connectivity index (χ3n) is 5.24. The first kappa shape index (κ1) is 14.7. The lowest BCUT2D eigenvalue weighted by Crippen LogP contribution is -1.95. The van der Waals surface area contributed by atoms with Gasteiger partial charge in [0.25, 0.3) is 0 Å². The van der Waals surface area contributed by atoms with Crippen LogP contribution < -0.4 is 5.73 Å². The second-order valence-corrected chi connectivity index (χ2v) is 7.59. The Bertz CT molecular complexity index is 685. The van der Waals surface area contributed by atoms with E-state index in [0.717, 1.165) is 11.3 Å². The molecule has 0 saturated heterocycles. The van der Waals surface area contributed by atoms with Crippen molar-refractivity contribution in [3.8, 4) is 11.1 Å². The highest BCUT2D eigenvalue weighted by atomic mass is 35.5. The van der Waals surface area contributed by atoms with E-state index in [9.17, 15) is 0 Å². The number of benzene rings is 1. The van der Waals surface area contributed by atoms with Gasteiger partial charge < -0.3 is 10.3 Å². The summed E-state index contributed by atoms with van der Waals surface area (Å²) in [5.41, 5.74) is 7.69. The van der Waals surface area contributed by atoms with Crippen molar-refractivity contribution in [3.05, 3.63) is 34.0 Å². The predicted molar refractivity (Wildman–Crippen MR) is 86.7 cm³/mol. The normalized spacial score (nSPS) is 19.7. The molecule has 1 heterocycles. The van der Waals surface area contributed by atoms with Crippen molar-refractivity contribution in [1.29, 1.82) is 0 Å². The Balaban J connectivity index is 2.21. The van der Waals surface area contributed by atoms with Gasteiger partial charge in [0.1, 0.15) is 0 Å². The third-order valence-corrected chi connectivity index (χ3v) is 5.87. The maximum atomic E-state index is 6.32. The SMILES string of the molecule is CC1(C)C(c2onc(N)c2-c2c(Cl)cccc2Cl)C1(C)C. The Morgan fingerprint density at radius 1 is 1.05 bits per heavy atom. The second kappa shape index (κ2) is 4.40. The summed E-state index contributed by atoms with van der Waals surface area (Å²) >= 11 is 12.6. The van der Waals surface area contributed by atoms with Crippen LogP contribution in [0.15, 0.2) is 22.7 Å². The maximum Gasteiger partial charge on any atom is 0.175 e. The van der Waals surface area contributed by atoms with Crippen molar-refractivity contribution in [1.82, 2.24) is 5.16 Å². The number of rotatable bonds is 2. The molecule has 0 spiro atoms. The van der Waals surface area contributed by atoms with E-state index in [4.69, 9.17) is 33.5 Å². The second-order valence-electron chi connectivity index (χ2n) is 6.78. The summed E-state index contributed by atoms with van der Waals surface area (Å²) in [4.78, 5) is 0. The van der Waals surface area contributed by atoms with Crippen LogP contribution in [-0.2, 0) is 0 Å². The molecule has 2 aromatic rings. The first-order chi connectivity index (χ1) is 9.69. The van der Waals surface area contributed by atoms with Crippen LogP contribution in [0.25, 0.3) is 11.1 Å². The zero-order valence-corrected chi connectivity index (χ0v) is 14.0. The zero-order valence-electron chi connectivity index (χ0n) is 12.5. The van der Waals surface area contributed by atoms with Gasteiger partial charge in [0.2, 0.25) is 0 Å². The van der Waals surface area contributed by atoms with E-state index in [2.05, 4.69) is 32.9 Å². The van der Waals surface area contributed by atoms with E-state index in [1.165, 1.54) is 0 Å². The van der Waals surface area contributed by atoms with Gasteiger partial charge in [0, 0.05) is 11.5 Å². The Labute approximate surface area is 134 Å². The molecule has 0 aliphatic heterocycles. The zero-order chi connectivity index (χ0) is 15.6. The van der Waals surface area contributed by atoms with Gasteiger partial charge in [-0.15, -0.1) is 0 Å². The summed E-state index contributed by atoms with van der Waals surface area (Å²) in [7, 11) is 0. The smallest absolute Gasteiger partial charge is 0.175 e. The molecule has 3 rings (SSSR count). The number of hydrogen-bond donors (Lipinski definition) is 1. The Morgan fingerprint density at radius 2 is 1.57 bits per heavy atom. The monoisotopic (exact) mass is 324 g/mol. The van der Waals surface area contributed by atoms with Gasteiger partial charge in [0.15, 0.2) is 11.6 Å². The molecule has 1 aliphatic rings. The molecular weight excluding hydrogens is 307 g/mol. The van der Waals surface area contributed by atoms with Crippen LogP contribution in [0.1, 0.15) is 39.4 Å². The third kappa shape index (κ3) is 1.91. The lowest BCUT2D eigenvalue weighted by Gasteiger charge is -2.08. The van der Waals surface area contributed by atoms with Crippen LogP contribution in [0.3, 0.4) is 0 Å². The number of hydrogen-bond acceptors (Lipinski definition) is 3. The van der Waals surface area contributed by atoms with Crippen molar-refractivity contribution >= 4 is 29.0 Å². The van der Waals surface area contributed by atoms with Crippen LogP contribution in [0.5, 0.6) is 0 Å². The summed E-state index contributed by atoms with van der Waals surface area (Å²) in [6.45, 7) is 8.87. The van der Waals surface area contributed by atoms with Crippen LogP contribution in [0.2, 0.25) is 10.0 Å². The van der Waals surface area contributed by atoms with Crippen molar-refractivity contribution in [3.63, 3.8) is 0 Å². The van der Waals surface area contributed by atoms with Crippen molar-refractivity contribution in [2.45, 2.75) is 33.6 Å². The van der Waals surface area contributed by atoms with E-state index >= 15 is 0 Å². The minimum atomic E-state index is 0.113. The summed E-state index contributed by atoms with van der Waals surface area (Å²) in [6, 6.07) is 5.40. The fourth-order valence-electron chi connectivity index (χ4n) is 3.35. The minimum absolute atomic E-state index is 0.113. The summed E-state index contributed by atoms with van der Waals surface area (Å²) in [6.07, 6.45) is 0. The summed E-state index contributed by atoms with van der Waals surface area (Å²) < 4.78 is 5.56. The molecule has 1 aliphatic carbocycles. The number of anilines is 1. The van der Waals surface area contributed by atoms with E-state index < -0.39 is 0 Å².